The fourth-order valence-electron chi connectivity index (χ4n) is 3.41. The van der Waals surface area contributed by atoms with Crippen molar-refractivity contribution in [3.8, 4) is 0 Å². The van der Waals surface area contributed by atoms with E-state index in [0.29, 0.717) is 0 Å². The first kappa shape index (κ1) is 12.7. The zero-order chi connectivity index (χ0) is 13.1. The first-order chi connectivity index (χ1) is 7.72. The molecule has 1 aliphatic rings. The van der Waals surface area contributed by atoms with Crippen LogP contribution in [0.15, 0.2) is 30.9 Å². The molecule has 0 N–H and O–H groups in total. The Hall–Kier alpha value is -0.750. The quantitative estimate of drug-likeness (QED) is 0.636. The zero-order valence-corrected chi connectivity index (χ0v) is 12.2. The second kappa shape index (κ2) is 3.38. The Morgan fingerprint density at radius 1 is 1.18 bits per heavy atom. The van der Waals surface area contributed by atoms with Crippen LogP contribution in [0.1, 0.15) is 38.8 Å². The molecule has 1 aliphatic carbocycles. The van der Waals surface area contributed by atoms with Gasteiger partial charge in [-0.05, 0) is 29.5 Å². The number of aryl methyl sites for hydroxylation is 1. The van der Waals surface area contributed by atoms with Crippen molar-refractivity contribution in [3.05, 3.63) is 47.0 Å². The van der Waals surface area contributed by atoms with Gasteiger partial charge in [0, 0.05) is 15.9 Å². The zero-order valence-electron chi connectivity index (χ0n) is 11.4. The minimum atomic E-state index is 0.124. The van der Waals surface area contributed by atoms with Gasteiger partial charge in [-0.3, -0.25) is 0 Å². The Kier molecular flexibility index (Phi) is 2.53. The van der Waals surface area contributed by atoms with Gasteiger partial charge in [0.05, 0.1) is 0 Å². The molecular formula is C16H21Cl. The molecule has 0 radical (unpaired) electrons. The number of halogens is 1. The average molecular weight is 249 g/mol. The first-order valence-electron chi connectivity index (χ1n) is 6.12. The summed E-state index contributed by atoms with van der Waals surface area (Å²) in [6.45, 7) is 15.3. The summed E-state index contributed by atoms with van der Waals surface area (Å²) < 4.78 is 0. The van der Waals surface area contributed by atoms with E-state index in [1.807, 2.05) is 6.92 Å². The molecular weight excluding hydrogens is 228 g/mol. The van der Waals surface area contributed by atoms with Crippen molar-refractivity contribution in [1.82, 2.24) is 0 Å². The van der Waals surface area contributed by atoms with Crippen molar-refractivity contribution in [3.63, 3.8) is 0 Å². The Bertz CT molecular complexity index is 486. The standard InChI is InChI=1S/C16H21Cl/c1-7-15(5)14(3,4)16(15,6)12-9-8-11(2)13(17)10-12/h7-10H,1H2,2-6H3/t15-,16-/m1/s1. The molecule has 92 valence electrons. The molecule has 1 heteroatoms. The summed E-state index contributed by atoms with van der Waals surface area (Å²) in [6.07, 6.45) is 2.10. The van der Waals surface area contributed by atoms with Gasteiger partial charge >= 0.3 is 0 Å². The van der Waals surface area contributed by atoms with E-state index in [0.717, 1.165) is 10.6 Å². The van der Waals surface area contributed by atoms with E-state index in [-0.39, 0.29) is 16.2 Å². The molecule has 1 fully saturated rings. The molecule has 1 aromatic rings. The summed E-state index contributed by atoms with van der Waals surface area (Å²) in [4.78, 5) is 0. The van der Waals surface area contributed by atoms with E-state index in [4.69, 9.17) is 11.6 Å². The normalized spacial score (nSPS) is 34.5. The van der Waals surface area contributed by atoms with Crippen LogP contribution in [-0.4, -0.2) is 0 Å². The molecule has 0 saturated heterocycles. The smallest absolute Gasteiger partial charge is 0.0438 e. The average Bonchev–Trinajstić information content (AvgIpc) is 2.64. The van der Waals surface area contributed by atoms with E-state index in [1.54, 1.807) is 0 Å². The Morgan fingerprint density at radius 2 is 1.76 bits per heavy atom. The monoisotopic (exact) mass is 248 g/mol. The molecule has 2 atom stereocenters. The lowest BCUT2D eigenvalue weighted by molar-refractivity contribution is 0.495. The molecule has 2 rings (SSSR count). The lowest BCUT2D eigenvalue weighted by atomic mass is 9.87. The molecule has 0 spiro atoms. The van der Waals surface area contributed by atoms with Gasteiger partial charge in [-0.15, -0.1) is 6.58 Å². The second-order valence-corrected chi connectivity index (χ2v) is 6.53. The summed E-state index contributed by atoms with van der Waals surface area (Å²) >= 11 is 6.25. The molecule has 0 amide bonds. The van der Waals surface area contributed by atoms with Gasteiger partial charge in [0.2, 0.25) is 0 Å². The van der Waals surface area contributed by atoms with Gasteiger partial charge in [-0.25, -0.2) is 0 Å². The SMILES string of the molecule is C=C[C@]1(C)C(C)(C)[C@@]1(C)c1ccc(C)c(Cl)c1. The van der Waals surface area contributed by atoms with E-state index in [1.165, 1.54) is 5.56 Å². The predicted molar refractivity (Wildman–Crippen MR) is 75.6 cm³/mol. The third kappa shape index (κ3) is 1.25. The van der Waals surface area contributed by atoms with Crippen LogP contribution in [0.25, 0.3) is 0 Å². The lowest BCUT2D eigenvalue weighted by Crippen LogP contribution is -2.11. The molecule has 0 aliphatic heterocycles. The fraction of sp³-hybridized carbons (Fsp3) is 0.500. The van der Waals surface area contributed by atoms with Gasteiger partial charge in [0.1, 0.15) is 0 Å². The summed E-state index contributed by atoms with van der Waals surface area (Å²) in [5.74, 6) is 0. The summed E-state index contributed by atoms with van der Waals surface area (Å²) in [5, 5.41) is 0.859. The highest BCUT2D eigenvalue weighted by Crippen LogP contribution is 2.78. The number of hydrogen-bond donors (Lipinski definition) is 0. The van der Waals surface area contributed by atoms with Crippen molar-refractivity contribution in [2.24, 2.45) is 10.8 Å². The first-order valence-corrected chi connectivity index (χ1v) is 6.50. The van der Waals surface area contributed by atoms with Crippen LogP contribution in [0.4, 0.5) is 0 Å². The molecule has 0 heterocycles. The predicted octanol–water partition coefficient (Wildman–Crippen LogP) is 5.14. The summed E-state index contributed by atoms with van der Waals surface area (Å²) in [7, 11) is 0. The van der Waals surface area contributed by atoms with Gasteiger partial charge in [0.15, 0.2) is 0 Å². The molecule has 1 saturated carbocycles. The van der Waals surface area contributed by atoms with Crippen molar-refractivity contribution in [1.29, 1.82) is 0 Å². The van der Waals surface area contributed by atoms with E-state index >= 15 is 0 Å². The maximum atomic E-state index is 6.25. The highest BCUT2D eigenvalue weighted by atomic mass is 35.5. The van der Waals surface area contributed by atoms with Crippen molar-refractivity contribution in [2.45, 2.75) is 40.0 Å². The van der Waals surface area contributed by atoms with E-state index < -0.39 is 0 Å². The van der Waals surface area contributed by atoms with Gasteiger partial charge < -0.3 is 0 Å². The van der Waals surface area contributed by atoms with Crippen molar-refractivity contribution in [2.75, 3.05) is 0 Å². The maximum absolute atomic E-state index is 6.25. The fourth-order valence-corrected chi connectivity index (χ4v) is 3.59. The van der Waals surface area contributed by atoms with Crippen LogP contribution >= 0.6 is 11.6 Å². The topological polar surface area (TPSA) is 0 Å². The molecule has 0 bridgehead atoms. The number of allylic oxidation sites excluding steroid dienone is 1. The molecule has 1 aromatic carbocycles. The molecule has 0 nitrogen and oxygen atoms in total. The number of rotatable bonds is 2. The summed E-state index contributed by atoms with van der Waals surface area (Å²) in [6, 6.07) is 6.44. The highest BCUT2D eigenvalue weighted by Gasteiger charge is 2.75. The van der Waals surface area contributed by atoms with Gasteiger partial charge in [-0.1, -0.05) is 57.5 Å². The van der Waals surface area contributed by atoms with Crippen LogP contribution in [0, 0.1) is 17.8 Å². The van der Waals surface area contributed by atoms with Crippen LogP contribution in [0.2, 0.25) is 5.02 Å². The third-order valence-corrected chi connectivity index (χ3v) is 6.09. The Morgan fingerprint density at radius 3 is 2.18 bits per heavy atom. The summed E-state index contributed by atoms with van der Waals surface area (Å²) in [5.41, 5.74) is 2.94. The van der Waals surface area contributed by atoms with E-state index in [2.05, 4.69) is 58.5 Å². The molecule has 0 unspecified atom stereocenters. The van der Waals surface area contributed by atoms with Gasteiger partial charge in [-0.2, -0.15) is 0 Å². The molecule has 17 heavy (non-hydrogen) atoms. The minimum Gasteiger partial charge on any atom is -0.102 e. The Balaban J connectivity index is 2.55. The minimum absolute atomic E-state index is 0.124. The third-order valence-electron chi connectivity index (χ3n) is 5.68. The largest absolute Gasteiger partial charge is 0.102 e. The van der Waals surface area contributed by atoms with Crippen molar-refractivity contribution >= 4 is 11.6 Å². The van der Waals surface area contributed by atoms with Crippen LogP contribution in [0.5, 0.6) is 0 Å². The van der Waals surface area contributed by atoms with E-state index in [9.17, 15) is 0 Å². The van der Waals surface area contributed by atoms with Crippen LogP contribution < -0.4 is 0 Å². The number of benzene rings is 1. The van der Waals surface area contributed by atoms with Crippen molar-refractivity contribution < 1.29 is 0 Å². The maximum Gasteiger partial charge on any atom is 0.0438 e. The van der Waals surface area contributed by atoms with Crippen LogP contribution in [-0.2, 0) is 5.41 Å². The Labute approximate surface area is 110 Å². The second-order valence-electron chi connectivity index (χ2n) is 6.12. The lowest BCUT2D eigenvalue weighted by Gasteiger charge is -2.17. The van der Waals surface area contributed by atoms with Gasteiger partial charge in [0.25, 0.3) is 0 Å². The molecule has 0 aromatic heterocycles. The van der Waals surface area contributed by atoms with Crippen LogP contribution in [0.3, 0.4) is 0 Å². The number of hydrogen-bond acceptors (Lipinski definition) is 0. The highest BCUT2D eigenvalue weighted by molar-refractivity contribution is 6.31.